The van der Waals surface area contributed by atoms with Gasteiger partial charge in [0.05, 0.1) is 19.2 Å². The number of halogens is 1. The maximum Gasteiger partial charge on any atom is 0.273 e. The lowest BCUT2D eigenvalue weighted by atomic mass is 9.98. The number of ether oxygens (including phenoxy) is 2. The van der Waals surface area contributed by atoms with E-state index in [0.29, 0.717) is 22.1 Å². The second-order valence-electron chi connectivity index (χ2n) is 4.47. The van der Waals surface area contributed by atoms with Crippen LogP contribution in [0.3, 0.4) is 0 Å². The van der Waals surface area contributed by atoms with E-state index < -0.39 is 0 Å². The molecule has 116 valence electrons. The second kappa shape index (κ2) is 6.89. The normalized spacial score (nSPS) is 10.4. The highest BCUT2D eigenvalue weighted by molar-refractivity contribution is 7.11. The third kappa shape index (κ3) is 3.28. The molecule has 0 radical (unpaired) electrons. The number of hydrogen-bond donors (Lipinski definition) is 0. The lowest BCUT2D eigenvalue weighted by Crippen LogP contribution is -2.09. The van der Waals surface area contributed by atoms with Crippen LogP contribution >= 0.6 is 22.9 Å². The van der Waals surface area contributed by atoms with Gasteiger partial charge < -0.3 is 9.47 Å². The molecule has 0 aliphatic rings. The summed E-state index contributed by atoms with van der Waals surface area (Å²) in [6.07, 6.45) is -0.0299. The second-order valence-corrected chi connectivity index (χ2v) is 5.67. The number of methoxy groups -OCH3 is 2. The Morgan fingerprint density at radius 3 is 2.55 bits per heavy atom. The number of benzene rings is 1. The van der Waals surface area contributed by atoms with Crippen LogP contribution < -0.4 is 9.47 Å². The van der Waals surface area contributed by atoms with Crippen molar-refractivity contribution in [3.05, 3.63) is 39.4 Å². The third-order valence-electron chi connectivity index (χ3n) is 3.09. The summed E-state index contributed by atoms with van der Waals surface area (Å²) >= 11 is 7.48. The fourth-order valence-corrected chi connectivity index (χ4v) is 2.94. The van der Waals surface area contributed by atoms with Gasteiger partial charge in [-0.3, -0.25) is 9.59 Å². The number of nitrogens with zero attached hydrogens (tertiary/aromatic N) is 1. The summed E-state index contributed by atoms with van der Waals surface area (Å²) in [5, 5.41) is 2.29. The van der Waals surface area contributed by atoms with Crippen molar-refractivity contribution in [2.45, 2.75) is 13.3 Å². The molecular formula is C15H14ClNO4S. The van der Waals surface area contributed by atoms with E-state index >= 15 is 0 Å². The zero-order valence-electron chi connectivity index (χ0n) is 12.3. The van der Waals surface area contributed by atoms with E-state index in [4.69, 9.17) is 21.1 Å². The number of Topliss-reactive ketones (excluding diaryl/α,β-unsaturated/α-hetero) is 2. The van der Waals surface area contributed by atoms with Crippen molar-refractivity contribution in [3.63, 3.8) is 0 Å². The molecule has 0 aliphatic heterocycles. The fraction of sp³-hybridized carbons (Fsp3) is 0.267. The first-order chi connectivity index (χ1) is 10.5. The molecule has 0 spiro atoms. The van der Waals surface area contributed by atoms with Crippen LogP contribution in [0.25, 0.3) is 0 Å². The van der Waals surface area contributed by atoms with Crippen molar-refractivity contribution in [1.29, 1.82) is 0 Å². The van der Waals surface area contributed by atoms with Crippen molar-refractivity contribution in [3.8, 4) is 10.9 Å². The molecule has 0 fully saturated rings. The van der Waals surface area contributed by atoms with Gasteiger partial charge in [0.15, 0.2) is 11.6 Å². The predicted octanol–water partition coefficient (Wildman–Crippen LogP) is 3.44. The van der Waals surface area contributed by atoms with Crippen LogP contribution in [-0.4, -0.2) is 30.8 Å². The van der Waals surface area contributed by atoms with E-state index in [1.807, 2.05) is 0 Å². The Balaban J connectivity index is 2.38. The molecule has 1 heterocycles. The van der Waals surface area contributed by atoms with Gasteiger partial charge in [-0.05, 0) is 24.6 Å². The molecular weight excluding hydrogens is 326 g/mol. The Kier molecular flexibility index (Phi) is 5.15. The highest BCUT2D eigenvalue weighted by atomic mass is 35.5. The highest BCUT2D eigenvalue weighted by Gasteiger charge is 2.20. The van der Waals surface area contributed by atoms with Gasteiger partial charge in [0, 0.05) is 17.4 Å². The largest absolute Gasteiger partial charge is 0.495 e. The Bertz CT molecular complexity index is 726. The standard InChI is InChI=1S/C15H14ClNO4S/c1-8(18)9-4-5-13(20-2)14(16)10(9)6-12(19)11-7-22-15(17-11)21-3/h4-5,7H,6H2,1-3H3. The van der Waals surface area contributed by atoms with E-state index in [9.17, 15) is 9.59 Å². The molecule has 0 saturated heterocycles. The fourth-order valence-electron chi connectivity index (χ4n) is 1.99. The molecule has 0 amide bonds. The topological polar surface area (TPSA) is 65.5 Å². The van der Waals surface area contributed by atoms with Gasteiger partial charge >= 0.3 is 0 Å². The summed E-state index contributed by atoms with van der Waals surface area (Å²) < 4.78 is 10.1. The zero-order valence-corrected chi connectivity index (χ0v) is 13.9. The number of carbonyl (C=O) groups is 2. The lowest BCUT2D eigenvalue weighted by Gasteiger charge is -2.11. The summed E-state index contributed by atoms with van der Waals surface area (Å²) in [4.78, 5) is 28.1. The maximum atomic E-state index is 12.3. The van der Waals surface area contributed by atoms with Gasteiger partial charge in [0.2, 0.25) is 0 Å². The minimum absolute atomic E-state index is 0.0299. The van der Waals surface area contributed by atoms with Crippen molar-refractivity contribution >= 4 is 34.5 Å². The lowest BCUT2D eigenvalue weighted by molar-refractivity contribution is 0.0987. The van der Waals surface area contributed by atoms with Crippen LogP contribution in [0.15, 0.2) is 17.5 Å². The van der Waals surface area contributed by atoms with E-state index in [0.717, 1.165) is 0 Å². The molecule has 0 aliphatic carbocycles. The number of hydrogen-bond acceptors (Lipinski definition) is 6. The molecule has 0 bridgehead atoms. The van der Waals surface area contributed by atoms with E-state index in [1.165, 1.54) is 32.5 Å². The average molecular weight is 340 g/mol. The van der Waals surface area contributed by atoms with Crippen LogP contribution in [0.2, 0.25) is 5.02 Å². The molecule has 1 aromatic carbocycles. The molecule has 2 aromatic rings. The Hall–Kier alpha value is -1.92. The Morgan fingerprint density at radius 1 is 1.27 bits per heavy atom. The van der Waals surface area contributed by atoms with Crippen LogP contribution in [-0.2, 0) is 6.42 Å². The summed E-state index contributed by atoms with van der Waals surface area (Å²) in [7, 11) is 2.96. The van der Waals surface area contributed by atoms with E-state index in [1.54, 1.807) is 17.5 Å². The number of ketones is 2. The average Bonchev–Trinajstić information content (AvgIpc) is 2.97. The summed E-state index contributed by atoms with van der Waals surface area (Å²) in [6.45, 7) is 1.43. The zero-order chi connectivity index (χ0) is 16.3. The molecule has 1 aromatic heterocycles. The number of rotatable bonds is 6. The van der Waals surface area contributed by atoms with Gasteiger partial charge in [0.1, 0.15) is 11.4 Å². The SMILES string of the molecule is COc1nc(C(=O)Cc2c(C(C)=O)ccc(OC)c2Cl)cs1. The highest BCUT2D eigenvalue weighted by Crippen LogP contribution is 2.32. The van der Waals surface area contributed by atoms with Crippen LogP contribution in [0.5, 0.6) is 10.9 Å². The van der Waals surface area contributed by atoms with Gasteiger partial charge in [-0.2, -0.15) is 4.98 Å². The summed E-state index contributed by atoms with van der Waals surface area (Å²) in [5.74, 6) is 0.0192. The summed E-state index contributed by atoms with van der Waals surface area (Å²) in [5.41, 5.74) is 1.14. The third-order valence-corrected chi connectivity index (χ3v) is 4.30. The van der Waals surface area contributed by atoms with Gasteiger partial charge in [-0.25, -0.2) is 0 Å². The molecule has 0 atom stereocenters. The monoisotopic (exact) mass is 339 g/mol. The van der Waals surface area contributed by atoms with Crippen LogP contribution in [0.4, 0.5) is 0 Å². The minimum atomic E-state index is -0.239. The van der Waals surface area contributed by atoms with Crippen molar-refractivity contribution < 1.29 is 19.1 Å². The molecule has 0 N–H and O–H groups in total. The van der Waals surface area contributed by atoms with E-state index in [2.05, 4.69) is 4.98 Å². The molecule has 0 unspecified atom stereocenters. The quantitative estimate of drug-likeness (QED) is 0.754. The first kappa shape index (κ1) is 16.5. The van der Waals surface area contributed by atoms with Crippen LogP contribution in [0, 0.1) is 0 Å². The number of aromatic nitrogens is 1. The number of carbonyl (C=O) groups excluding carboxylic acids is 2. The van der Waals surface area contributed by atoms with Crippen molar-refractivity contribution in [2.75, 3.05) is 14.2 Å². The smallest absolute Gasteiger partial charge is 0.273 e. The number of thiazole rings is 1. The maximum absolute atomic E-state index is 12.3. The molecule has 22 heavy (non-hydrogen) atoms. The molecule has 2 rings (SSSR count). The Labute approximate surface area is 136 Å². The van der Waals surface area contributed by atoms with Gasteiger partial charge in [-0.15, -0.1) is 0 Å². The predicted molar refractivity (Wildman–Crippen MR) is 84.7 cm³/mol. The molecule has 5 nitrogen and oxygen atoms in total. The van der Waals surface area contributed by atoms with E-state index in [-0.39, 0.29) is 28.7 Å². The minimum Gasteiger partial charge on any atom is -0.495 e. The van der Waals surface area contributed by atoms with Gasteiger partial charge in [-0.1, -0.05) is 22.9 Å². The first-order valence-corrected chi connectivity index (χ1v) is 7.62. The molecule has 0 saturated carbocycles. The first-order valence-electron chi connectivity index (χ1n) is 6.37. The van der Waals surface area contributed by atoms with Crippen LogP contribution in [0.1, 0.15) is 33.3 Å². The van der Waals surface area contributed by atoms with Crippen molar-refractivity contribution in [2.24, 2.45) is 0 Å². The van der Waals surface area contributed by atoms with Crippen molar-refractivity contribution in [1.82, 2.24) is 4.98 Å². The van der Waals surface area contributed by atoms with Gasteiger partial charge in [0.25, 0.3) is 5.19 Å². The summed E-state index contributed by atoms with van der Waals surface area (Å²) in [6, 6.07) is 3.22. The Morgan fingerprint density at radius 2 is 2.00 bits per heavy atom. The molecule has 7 heteroatoms.